The average molecular weight is 394 g/mol. The van der Waals surface area contributed by atoms with Gasteiger partial charge < -0.3 is 10.6 Å². The lowest BCUT2D eigenvalue weighted by atomic mass is 9.86. The molecule has 0 amide bonds. The fraction of sp³-hybridized carbons (Fsp3) is 0.522. The minimum atomic E-state index is -0.923. The molecule has 1 aromatic carbocycles. The van der Waals surface area contributed by atoms with E-state index in [2.05, 4.69) is 33.6 Å². The number of Topliss-reactive ketones (excluding diaryl/α,β-unsaturated/α-hetero) is 1. The molecule has 0 spiro atoms. The van der Waals surface area contributed by atoms with Gasteiger partial charge >= 0.3 is 0 Å². The molecular weight excluding hydrogens is 362 g/mol. The van der Waals surface area contributed by atoms with Crippen LogP contribution in [0.3, 0.4) is 0 Å². The highest BCUT2D eigenvalue weighted by Gasteiger charge is 2.41. The van der Waals surface area contributed by atoms with E-state index in [1.807, 2.05) is 43.6 Å². The summed E-state index contributed by atoms with van der Waals surface area (Å²) in [4.78, 5) is 26.5. The Morgan fingerprint density at radius 3 is 2.24 bits per heavy atom. The Kier molecular flexibility index (Phi) is 5.40. The molecule has 2 aliphatic rings. The van der Waals surface area contributed by atoms with Crippen LogP contribution in [-0.4, -0.2) is 52.9 Å². The highest BCUT2D eigenvalue weighted by atomic mass is 16.1. The third kappa shape index (κ3) is 4.19. The van der Waals surface area contributed by atoms with Crippen LogP contribution in [0.5, 0.6) is 0 Å². The summed E-state index contributed by atoms with van der Waals surface area (Å²) in [5.74, 6) is 1.22. The summed E-state index contributed by atoms with van der Waals surface area (Å²) in [6.45, 7) is 10.4. The number of nitrogens with zero attached hydrogens (tertiary/aromatic N) is 4. The van der Waals surface area contributed by atoms with Gasteiger partial charge in [-0.2, -0.15) is 0 Å². The van der Waals surface area contributed by atoms with E-state index in [0.29, 0.717) is 6.04 Å². The predicted octanol–water partition coefficient (Wildman–Crippen LogP) is 2.83. The molecular formula is C23H31N5O. The Morgan fingerprint density at radius 1 is 1.07 bits per heavy atom. The van der Waals surface area contributed by atoms with Crippen molar-refractivity contribution in [1.82, 2.24) is 14.9 Å². The second-order valence-electron chi connectivity index (χ2n) is 8.79. The zero-order valence-electron chi connectivity index (χ0n) is 17.6. The Bertz CT molecular complexity index is 848. The van der Waals surface area contributed by atoms with Crippen LogP contribution in [0.25, 0.3) is 11.3 Å². The number of nitrogens with two attached hydrogens (primary N) is 1. The molecule has 2 N–H and O–H groups in total. The fourth-order valence-corrected chi connectivity index (χ4v) is 4.00. The second-order valence-corrected chi connectivity index (χ2v) is 8.79. The summed E-state index contributed by atoms with van der Waals surface area (Å²) in [5.41, 5.74) is 8.09. The van der Waals surface area contributed by atoms with E-state index in [-0.39, 0.29) is 11.7 Å². The fourth-order valence-electron chi connectivity index (χ4n) is 4.00. The molecule has 0 bridgehead atoms. The van der Waals surface area contributed by atoms with Crippen molar-refractivity contribution in [2.24, 2.45) is 11.7 Å². The van der Waals surface area contributed by atoms with Crippen molar-refractivity contribution in [1.29, 1.82) is 0 Å². The molecule has 1 aromatic heterocycles. The Hall–Kier alpha value is -2.31. The standard InChI is InChI=1S/C23H31N5O/c1-16(2)27-10-12-28(13-11-27)21-15-25-20(14-26-21)17-6-8-19(9-7-17)23(3,24)22(29)18-4-5-18/h6-9,14-16,18H,4-5,10-13,24H2,1-3H3. The number of carbonyl (C=O) groups is 1. The monoisotopic (exact) mass is 393 g/mol. The van der Waals surface area contributed by atoms with E-state index in [1.165, 1.54) is 0 Å². The van der Waals surface area contributed by atoms with Crippen LogP contribution in [0, 0.1) is 5.92 Å². The van der Waals surface area contributed by atoms with E-state index >= 15 is 0 Å². The molecule has 2 heterocycles. The zero-order valence-corrected chi connectivity index (χ0v) is 17.6. The number of benzene rings is 1. The van der Waals surface area contributed by atoms with Crippen LogP contribution in [0.1, 0.15) is 39.2 Å². The summed E-state index contributed by atoms with van der Waals surface area (Å²) in [5, 5.41) is 0. The molecule has 4 rings (SSSR count). The Balaban J connectivity index is 1.43. The maximum absolute atomic E-state index is 12.5. The first-order chi connectivity index (χ1) is 13.9. The predicted molar refractivity (Wildman–Crippen MR) is 116 cm³/mol. The summed E-state index contributed by atoms with van der Waals surface area (Å²) < 4.78 is 0. The zero-order chi connectivity index (χ0) is 20.6. The number of hydrogen-bond acceptors (Lipinski definition) is 6. The van der Waals surface area contributed by atoms with Crippen LogP contribution in [0.4, 0.5) is 5.82 Å². The van der Waals surface area contributed by atoms with Gasteiger partial charge in [0, 0.05) is 43.7 Å². The topological polar surface area (TPSA) is 75.3 Å². The summed E-state index contributed by atoms with van der Waals surface area (Å²) in [6.07, 6.45) is 5.63. The largest absolute Gasteiger partial charge is 0.353 e. The van der Waals surface area contributed by atoms with Crippen molar-refractivity contribution in [2.45, 2.75) is 45.2 Å². The van der Waals surface area contributed by atoms with Crippen LogP contribution in [0.15, 0.2) is 36.7 Å². The van der Waals surface area contributed by atoms with Crippen LogP contribution in [0.2, 0.25) is 0 Å². The van der Waals surface area contributed by atoms with Gasteiger partial charge in [0.05, 0.1) is 23.6 Å². The van der Waals surface area contributed by atoms with Crippen molar-refractivity contribution in [2.75, 3.05) is 31.1 Å². The van der Waals surface area contributed by atoms with Crippen molar-refractivity contribution < 1.29 is 4.79 Å². The van der Waals surface area contributed by atoms with Gasteiger partial charge in [-0.3, -0.25) is 14.7 Å². The van der Waals surface area contributed by atoms with E-state index in [9.17, 15) is 4.79 Å². The number of rotatable bonds is 6. The third-order valence-electron chi connectivity index (χ3n) is 6.25. The van der Waals surface area contributed by atoms with Crippen molar-refractivity contribution in [3.63, 3.8) is 0 Å². The highest BCUT2D eigenvalue weighted by molar-refractivity contribution is 5.92. The number of anilines is 1. The van der Waals surface area contributed by atoms with Crippen LogP contribution < -0.4 is 10.6 Å². The van der Waals surface area contributed by atoms with E-state index < -0.39 is 5.54 Å². The van der Waals surface area contributed by atoms with Crippen molar-refractivity contribution in [3.05, 3.63) is 42.2 Å². The third-order valence-corrected chi connectivity index (χ3v) is 6.25. The molecule has 1 saturated heterocycles. The first kappa shape index (κ1) is 20.0. The number of ketones is 1. The van der Waals surface area contributed by atoms with Gasteiger partial charge in [-0.05, 0) is 39.2 Å². The number of carbonyl (C=O) groups excluding carboxylic acids is 1. The van der Waals surface area contributed by atoms with Crippen LogP contribution >= 0.6 is 0 Å². The van der Waals surface area contributed by atoms with Gasteiger partial charge in [0.1, 0.15) is 5.82 Å². The maximum atomic E-state index is 12.5. The van der Waals surface area contributed by atoms with Gasteiger partial charge in [0.25, 0.3) is 0 Å². The molecule has 1 atom stereocenters. The summed E-state index contributed by atoms with van der Waals surface area (Å²) in [7, 11) is 0. The molecule has 1 saturated carbocycles. The normalized spacial score (nSPS) is 20.0. The van der Waals surface area contributed by atoms with Gasteiger partial charge in [-0.25, -0.2) is 4.98 Å². The summed E-state index contributed by atoms with van der Waals surface area (Å²) in [6, 6.07) is 8.42. The SMILES string of the molecule is CC(C)N1CCN(c2cnc(-c3ccc(C(C)(N)C(=O)C4CC4)cc3)cn2)CC1. The van der Waals surface area contributed by atoms with Gasteiger partial charge in [-0.15, -0.1) is 0 Å². The molecule has 1 aliphatic carbocycles. The Labute approximate surface area is 173 Å². The summed E-state index contributed by atoms with van der Waals surface area (Å²) >= 11 is 0. The molecule has 1 unspecified atom stereocenters. The molecule has 6 heteroatoms. The minimum absolute atomic E-state index is 0.144. The molecule has 2 aromatic rings. The highest BCUT2D eigenvalue weighted by Crippen LogP contribution is 2.36. The number of hydrogen-bond donors (Lipinski definition) is 1. The minimum Gasteiger partial charge on any atom is -0.353 e. The molecule has 1 aliphatic heterocycles. The van der Waals surface area contributed by atoms with Gasteiger partial charge in [-0.1, -0.05) is 24.3 Å². The van der Waals surface area contributed by atoms with Crippen LogP contribution in [-0.2, 0) is 10.3 Å². The Morgan fingerprint density at radius 2 is 1.72 bits per heavy atom. The first-order valence-corrected chi connectivity index (χ1v) is 10.6. The maximum Gasteiger partial charge on any atom is 0.159 e. The lowest BCUT2D eigenvalue weighted by Crippen LogP contribution is -2.49. The van der Waals surface area contributed by atoms with Crippen molar-refractivity contribution >= 4 is 11.6 Å². The quantitative estimate of drug-likeness (QED) is 0.813. The molecule has 2 fully saturated rings. The van der Waals surface area contributed by atoms with E-state index in [1.54, 1.807) is 0 Å². The average Bonchev–Trinajstić information content (AvgIpc) is 3.59. The van der Waals surface area contributed by atoms with E-state index in [0.717, 1.165) is 61.7 Å². The number of aromatic nitrogens is 2. The lowest BCUT2D eigenvalue weighted by molar-refractivity contribution is -0.125. The molecule has 154 valence electrons. The smallest absolute Gasteiger partial charge is 0.159 e. The molecule has 29 heavy (non-hydrogen) atoms. The molecule has 6 nitrogen and oxygen atoms in total. The number of piperazine rings is 1. The molecule has 0 radical (unpaired) electrons. The van der Waals surface area contributed by atoms with Gasteiger partial charge in [0.2, 0.25) is 0 Å². The second kappa shape index (κ2) is 7.84. The lowest BCUT2D eigenvalue weighted by Gasteiger charge is -2.37. The van der Waals surface area contributed by atoms with Gasteiger partial charge in [0.15, 0.2) is 5.78 Å². The first-order valence-electron chi connectivity index (χ1n) is 10.6. The van der Waals surface area contributed by atoms with E-state index in [4.69, 9.17) is 5.73 Å². The van der Waals surface area contributed by atoms with Crippen molar-refractivity contribution in [3.8, 4) is 11.3 Å².